The zero-order chi connectivity index (χ0) is 14.0. The number of amides is 2. The highest BCUT2D eigenvalue weighted by Gasteiger charge is 2.19. The number of likely N-dealkylation sites (tertiary alicyclic amines) is 1. The Morgan fingerprint density at radius 2 is 1.83 bits per heavy atom. The van der Waals surface area contributed by atoms with E-state index >= 15 is 0 Å². The summed E-state index contributed by atoms with van der Waals surface area (Å²) in [6.45, 7) is 12.0. The van der Waals surface area contributed by atoms with Crippen LogP contribution in [0, 0.1) is 5.92 Å². The topological polar surface area (TPSA) is 44.4 Å². The van der Waals surface area contributed by atoms with Crippen LogP contribution < -0.4 is 10.6 Å². The summed E-state index contributed by atoms with van der Waals surface area (Å²) in [5, 5.41) is 5.58. The lowest BCUT2D eigenvalue weighted by atomic mass is 10.0. The molecule has 0 saturated carbocycles. The molecule has 0 bridgehead atoms. The Balaban J connectivity index is 0.00000137. The van der Waals surface area contributed by atoms with Crippen molar-refractivity contribution in [1.82, 2.24) is 15.5 Å². The minimum Gasteiger partial charge on any atom is -0.341 e. The third-order valence-corrected chi connectivity index (χ3v) is 3.17. The molecule has 0 aromatic carbocycles. The summed E-state index contributed by atoms with van der Waals surface area (Å²) in [6, 6.07) is 0.302. The molecular formula is C14H31N3O. The first kappa shape index (κ1) is 17.2. The van der Waals surface area contributed by atoms with Gasteiger partial charge in [-0.3, -0.25) is 0 Å². The highest BCUT2D eigenvalue weighted by Crippen LogP contribution is 2.12. The van der Waals surface area contributed by atoms with Gasteiger partial charge in [-0.1, -0.05) is 27.7 Å². The van der Waals surface area contributed by atoms with Gasteiger partial charge in [-0.25, -0.2) is 4.79 Å². The smallest absolute Gasteiger partial charge is 0.314 e. The molecule has 0 spiro atoms. The van der Waals surface area contributed by atoms with Crippen LogP contribution in [0.15, 0.2) is 0 Å². The van der Waals surface area contributed by atoms with E-state index in [9.17, 15) is 4.79 Å². The second kappa shape index (κ2) is 10.2. The zero-order valence-corrected chi connectivity index (χ0v) is 12.8. The number of urea groups is 1. The Morgan fingerprint density at radius 1 is 1.28 bits per heavy atom. The fourth-order valence-corrected chi connectivity index (χ4v) is 2.00. The van der Waals surface area contributed by atoms with Gasteiger partial charge in [0.1, 0.15) is 0 Å². The van der Waals surface area contributed by atoms with Crippen molar-refractivity contribution in [2.75, 3.05) is 26.7 Å². The van der Waals surface area contributed by atoms with Crippen molar-refractivity contribution < 1.29 is 4.79 Å². The quantitative estimate of drug-likeness (QED) is 0.812. The van der Waals surface area contributed by atoms with Gasteiger partial charge in [0.15, 0.2) is 0 Å². The molecule has 0 atom stereocenters. The van der Waals surface area contributed by atoms with Crippen LogP contribution in [0.25, 0.3) is 0 Å². The van der Waals surface area contributed by atoms with Crippen molar-refractivity contribution in [3.05, 3.63) is 0 Å². The summed E-state index contributed by atoms with van der Waals surface area (Å²) in [7, 11) is 1.66. The second-order valence-corrected chi connectivity index (χ2v) is 5.02. The fraction of sp³-hybridized carbons (Fsp3) is 0.929. The maximum atomic E-state index is 11.1. The predicted molar refractivity (Wildman–Crippen MR) is 77.9 cm³/mol. The van der Waals surface area contributed by atoms with Crippen molar-refractivity contribution in [3.63, 3.8) is 0 Å². The van der Waals surface area contributed by atoms with Gasteiger partial charge in [0.05, 0.1) is 0 Å². The predicted octanol–water partition coefficient (Wildman–Crippen LogP) is 2.45. The third kappa shape index (κ3) is 7.54. The van der Waals surface area contributed by atoms with Gasteiger partial charge in [-0.2, -0.15) is 0 Å². The fourth-order valence-electron chi connectivity index (χ4n) is 2.00. The van der Waals surface area contributed by atoms with E-state index in [0.29, 0.717) is 6.04 Å². The summed E-state index contributed by atoms with van der Waals surface area (Å²) in [5.74, 6) is 0.779. The van der Waals surface area contributed by atoms with Gasteiger partial charge < -0.3 is 15.5 Å². The number of carbonyl (C=O) groups excluding carboxylic acids is 1. The number of carbonyl (C=O) groups is 1. The van der Waals surface area contributed by atoms with Gasteiger partial charge in [-0.05, 0) is 31.7 Å². The molecule has 4 nitrogen and oxygen atoms in total. The Labute approximate surface area is 113 Å². The van der Waals surface area contributed by atoms with E-state index in [1.54, 1.807) is 7.05 Å². The highest BCUT2D eigenvalue weighted by molar-refractivity contribution is 5.73. The standard InChI is InChI=1S/C12H25N3O.C2H6/c1-10(2)4-7-15-8-5-11(6-9-15)14-12(16)13-3;1-2/h10-11H,4-9H2,1-3H3,(H2,13,14,16);1-2H3. The molecule has 18 heavy (non-hydrogen) atoms. The summed E-state index contributed by atoms with van der Waals surface area (Å²) >= 11 is 0. The van der Waals surface area contributed by atoms with E-state index < -0.39 is 0 Å². The summed E-state index contributed by atoms with van der Waals surface area (Å²) in [6.07, 6.45) is 3.42. The lowest BCUT2D eigenvalue weighted by Crippen LogP contribution is -2.47. The van der Waals surface area contributed by atoms with Crippen molar-refractivity contribution in [3.8, 4) is 0 Å². The largest absolute Gasteiger partial charge is 0.341 e. The number of rotatable bonds is 4. The highest BCUT2D eigenvalue weighted by atomic mass is 16.2. The van der Waals surface area contributed by atoms with E-state index in [0.717, 1.165) is 31.8 Å². The maximum absolute atomic E-state index is 11.1. The molecule has 4 heteroatoms. The molecule has 0 aromatic rings. The van der Waals surface area contributed by atoms with Crippen LogP contribution >= 0.6 is 0 Å². The number of piperidine rings is 1. The normalized spacial score (nSPS) is 17.0. The second-order valence-electron chi connectivity index (χ2n) is 5.02. The Morgan fingerprint density at radius 3 is 2.28 bits per heavy atom. The molecule has 1 aliphatic heterocycles. The Bertz CT molecular complexity index is 211. The Kier molecular flexibility index (Phi) is 9.74. The first-order valence-electron chi connectivity index (χ1n) is 7.32. The molecule has 1 fully saturated rings. The number of hydrogen-bond donors (Lipinski definition) is 2. The molecule has 2 amide bonds. The van der Waals surface area contributed by atoms with Crippen LogP contribution in [0.4, 0.5) is 4.79 Å². The zero-order valence-electron chi connectivity index (χ0n) is 12.8. The van der Waals surface area contributed by atoms with Crippen molar-refractivity contribution in [1.29, 1.82) is 0 Å². The first-order valence-corrected chi connectivity index (χ1v) is 7.32. The van der Waals surface area contributed by atoms with E-state index in [1.165, 1.54) is 13.0 Å². The third-order valence-electron chi connectivity index (χ3n) is 3.17. The van der Waals surface area contributed by atoms with Crippen molar-refractivity contribution in [2.24, 2.45) is 5.92 Å². The van der Waals surface area contributed by atoms with Crippen LogP contribution in [-0.4, -0.2) is 43.7 Å². The van der Waals surface area contributed by atoms with E-state index in [1.807, 2.05) is 13.8 Å². The van der Waals surface area contributed by atoms with E-state index in [-0.39, 0.29) is 6.03 Å². The van der Waals surface area contributed by atoms with Crippen LogP contribution in [0.1, 0.15) is 47.0 Å². The van der Waals surface area contributed by atoms with E-state index in [2.05, 4.69) is 29.4 Å². The van der Waals surface area contributed by atoms with Crippen LogP contribution in [-0.2, 0) is 0 Å². The van der Waals surface area contributed by atoms with Crippen molar-refractivity contribution in [2.45, 2.75) is 53.0 Å². The molecule has 0 aromatic heterocycles. The van der Waals surface area contributed by atoms with Gasteiger partial charge in [0.2, 0.25) is 0 Å². The van der Waals surface area contributed by atoms with Gasteiger partial charge in [0.25, 0.3) is 0 Å². The van der Waals surface area contributed by atoms with Gasteiger partial charge in [-0.15, -0.1) is 0 Å². The molecular weight excluding hydrogens is 226 g/mol. The van der Waals surface area contributed by atoms with Crippen LogP contribution in [0.5, 0.6) is 0 Å². The number of nitrogens with one attached hydrogen (secondary N) is 2. The Hall–Kier alpha value is -0.770. The molecule has 108 valence electrons. The SMILES string of the molecule is CC.CNC(=O)NC1CCN(CCC(C)C)CC1. The molecule has 2 N–H and O–H groups in total. The maximum Gasteiger partial charge on any atom is 0.314 e. The molecule has 1 heterocycles. The lowest BCUT2D eigenvalue weighted by molar-refractivity contribution is 0.186. The molecule has 0 unspecified atom stereocenters. The minimum absolute atomic E-state index is 0.0550. The van der Waals surface area contributed by atoms with Gasteiger partial charge >= 0.3 is 6.03 Å². The first-order chi connectivity index (χ1) is 8.61. The summed E-state index contributed by atoms with van der Waals surface area (Å²) < 4.78 is 0. The summed E-state index contributed by atoms with van der Waals surface area (Å²) in [4.78, 5) is 13.6. The minimum atomic E-state index is -0.0550. The molecule has 1 aliphatic rings. The number of nitrogens with zero attached hydrogens (tertiary/aromatic N) is 1. The van der Waals surface area contributed by atoms with Crippen LogP contribution in [0.2, 0.25) is 0 Å². The van der Waals surface area contributed by atoms with Crippen molar-refractivity contribution >= 4 is 6.03 Å². The number of hydrogen-bond acceptors (Lipinski definition) is 2. The average Bonchev–Trinajstić information content (AvgIpc) is 2.40. The molecule has 1 saturated heterocycles. The lowest BCUT2D eigenvalue weighted by Gasteiger charge is -2.32. The molecule has 1 rings (SSSR count). The van der Waals surface area contributed by atoms with Gasteiger partial charge in [0, 0.05) is 26.2 Å². The summed E-state index contributed by atoms with van der Waals surface area (Å²) in [5.41, 5.74) is 0. The van der Waals surface area contributed by atoms with Crippen LogP contribution in [0.3, 0.4) is 0 Å². The van der Waals surface area contributed by atoms with E-state index in [4.69, 9.17) is 0 Å². The molecule has 0 radical (unpaired) electrons. The molecule has 0 aliphatic carbocycles. The average molecular weight is 257 g/mol. The monoisotopic (exact) mass is 257 g/mol.